The van der Waals surface area contributed by atoms with Crippen LogP contribution in [0.3, 0.4) is 0 Å². The van der Waals surface area contributed by atoms with Gasteiger partial charge in [0.2, 0.25) is 0 Å². The Balaban J connectivity index is 1.42. The van der Waals surface area contributed by atoms with Crippen LogP contribution in [-0.2, 0) is 0 Å². The van der Waals surface area contributed by atoms with E-state index in [4.69, 9.17) is 0 Å². The van der Waals surface area contributed by atoms with E-state index in [1.807, 2.05) is 21.9 Å². The second-order valence-electron chi connectivity index (χ2n) is 7.22. The molecule has 1 aromatic rings. The van der Waals surface area contributed by atoms with Crippen LogP contribution in [0, 0.1) is 0 Å². The van der Waals surface area contributed by atoms with Gasteiger partial charge in [0.1, 0.15) is 0 Å². The van der Waals surface area contributed by atoms with E-state index in [1.54, 1.807) is 0 Å². The average Bonchev–Trinajstić information content (AvgIpc) is 3.00. The Morgan fingerprint density at radius 2 is 1.83 bits per heavy atom. The molecular weight excluding hydrogens is 302 g/mol. The lowest BCUT2D eigenvalue weighted by Crippen LogP contribution is -2.50. The molecular formula is C19H25N3O2. The minimum atomic E-state index is 0.0131. The number of hydrogen-bond donors (Lipinski definition) is 1. The largest absolute Gasteiger partial charge is 0.337 e. The second kappa shape index (κ2) is 6.46. The van der Waals surface area contributed by atoms with Crippen molar-refractivity contribution >= 4 is 11.9 Å². The summed E-state index contributed by atoms with van der Waals surface area (Å²) in [5.74, 6) is 0.793. The Kier molecular flexibility index (Phi) is 4.17. The molecule has 4 rings (SSSR count). The lowest BCUT2D eigenvalue weighted by Gasteiger charge is -2.37. The van der Waals surface area contributed by atoms with Gasteiger partial charge in [0.05, 0.1) is 6.04 Å². The molecule has 128 valence electrons. The number of nitrogens with one attached hydrogen (secondary N) is 1. The van der Waals surface area contributed by atoms with Crippen molar-refractivity contribution in [1.29, 1.82) is 0 Å². The first-order chi connectivity index (χ1) is 11.7. The van der Waals surface area contributed by atoms with E-state index in [-0.39, 0.29) is 18.0 Å². The van der Waals surface area contributed by atoms with Crippen molar-refractivity contribution in [3.63, 3.8) is 0 Å². The van der Waals surface area contributed by atoms with Gasteiger partial charge in [-0.25, -0.2) is 4.79 Å². The number of likely N-dealkylation sites (tertiary alicyclic amines) is 1. The Hall–Kier alpha value is -2.04. The molecule has 24 heavy (non-hydrogen) atoms. The van der Waals surface area contributed by atoms with Gasteiger partial charge in [-0.1, -0.05) is 18.6 Å². The van der Waals surface area contributed by atoms with E-state index in [2.05, 4.69) is 17.4 Å². The average molecular weight is 327 g/mol. The molecule has 1 aliphatic carbocycles. The van der Waals surface area contributed by atoms with Crippen LogP contribution in [0.5, 0.6) is 0 Å². The standard InChI is InChI=1S/C19H25N3O2/c23-18(16-8-6-15(7-9-16)14-3-1-4-14)21-11-2-5-17(13-21)22-12-10-20-19(22)24/h6-9,14,17H,1-5,10-13H2,(H,20,24). The molecule has 1 aromatic carbocycles. The van der Waals surface area contributed by atoms with Gasteiger partial charge in [-0.2, -0.15) is 0 Å². The minimum Gasteiger partial charge on any atom is -0.337 e. The molecule has 3 aliphatic rings. The summed E-state index contributed by atoms with van der Waals surface area (Å²) < 4.78 is 0. The zero-order valence-electron chi connectivity index (χ0n) is 14.0. The van der Waals surface area contributed by atoms with Crippen molar-refractivity contribution in [1.82, 2.24) is 15.1 Å². The highest BCUT2D eigenvalue weighted by molar-refractivity contribution is 5.94. The van der Waals surface area contributed by atoms with Crippen LogP contribution < -0.4 is 5.32 Å². The van der Waals surface area contributed by atoms with Gasteiger partial charge in [-0.3, -0.25) is 4.79 Å². The number of carbonyl (C=O) groups is 2. The maximum atomic E-state index is 12.8. The molecule has 1 unspecified atom stereocenters. The minimum absolute atomic E-state index is 0.0131. The van der Waals surface area contributed by atoms with Crippen molar-refractivity contribution < 1.29 is 9.59 Å². The SMILES string of the molecule is O=C(c1ccc(C2CCC2)cc1)N1CCCC(N2CCNC2=O)C1. The van der Waals surface area contributed by atoms with Crippen molar-refractivity contribution in [2.24, 2.45) is 0 Å². The molecule has 1 atom stereocenters. The zero-order valence-corrected chi connectivity index (χ0v) is 14.0. The van der Waals surface area contributed by atoms with Crippen LogP contribution in [0.25, 0.3) is 0 Å². The second-order valence-corrected chi connectivity index (χ2v) is 7.22. The fraction of sp³-hybridized carbons (Fsp3) is 0.579. The lowest BCUT2D eigenvalue weighted by molar-refractivity contribution is 0.0634. The normalized spacial score (nSPS) is 24.7. The summed E-state index contributed by atoms with van der Waals surface area (Å²) in [7, 11) is 0. The first kappa shape index (κ1) is 15.5. The molecule has 5 heteroatoms. The molecule has 2 aliphatic heterocycles. The van der Waals surface area contributed by atoms with Gasteiger partial charge in [0.15, 0.2) is 0 Å². The summed E-state index contributed by atoms with van der Waals surface area (Å²) in [5, 5.41) is 2.85. The topological polar surface area (TPSA) is 52.7 Å². The van der Waals surface area contributed by atoms with E-state index >= 15 is 0 Å². The molecule has 0 aromatic heterocycles. The van der Waals surface area contributed by atoms with Crippen LogP contribution >= 0.6 is 0 Å². The van der Waals surface area contributed by atoms with Gasteiger partial charge in [0.25, 0.3) is 5.91 Å². The number of nitrogens with zero attached hydrogens (tertiary/aromatic N) is 2. The van der Waals surface area contributed by atoms with Crippen LogP contribution in [0.15, 0.2) is 24.3 Å². The van der Waals surface area contributed by atoms with Crippen LogP contribution in [0.1, 0.15) is 53.9 Å². The molecule has 2 saturated heterocycles. The fourth-order valence-corrected chi connectivity index (χ4v) is 4.05. The van der Waals surface area contributed by atoms with Crippen LogP contribution in [-0.4, -0.2) is 54.0 Å². The highest BCUT2D eigenvalue weighted by Gasteiger charge is 2.33. The molecule has 2 heterocycles. The Morgan fingerprint density at radius 1 is 1.04 bits per heavy atom. The van der Waals surface area contributed by atoms with Gasteiger partial charge < -0.3 is 15.1 Å². The summed E-state index contributed by atoms with van der Waals surface area (Å²) in [5.41, 5.74) is 2.13. The van der Waals surface area contributed by atoms with Crippen LogP contribution in [0.2, 0.25) is 0 Å². The molecule has 3 amide bonds. The van der Waals surface area contributed by atoms with Gasteiger partial charge in [-0.15, -0.1) is 0 Å². The number of rotatable bonds is 3. The maximum absolute atomic E-state index is 12.8. The molecule has 1 saturated carbocycles. The van der Waals surface area contributed by atoms with Crippen LogP contribution in [0.4, 0.5) is 4.79 Å². The summed E-state index contributed by atoms with van der Waals surface area (Å²) in [6.45, 7) is 2.90. The Morgan fingerprint density at radius 3 is 2.46 bits per heavy atom. The highest BCUT2D eigenvalue weighted by atomic mass is 16.2. The van der Waals surface area contributed by atoms with Crippen molar-refractivity contribution in [2.45, 2.75) is 44.1 Å². The van der Waals surface area contributed by atoms with E-state index in [9.17, 15) is 9.59 Å². The number of hydrogen-bond acceptors (Lipinski definition) is 2. The van der Waals surface area contributed by atoms with E-state index in [0.29, 0.717) is 19.0 Å². The fourth-order valence-electron chi connectivity index (χ4n) is 4.05. The monoisotopic (exact) mass is 327 g/mol. The smallest absolute Gasteiger partial charge is 0.317 e. The third kappa shape index (κ3) is 2.87. The Labute approximate surface area is 143 Å². The molecule has 0 spiro atoms. The van der Waals surface area contributed by atoms with Crippen molar-refractivity contribution in [3.05, 3.63) is 35.4 Å². The maximum Gasteiger partial charge on any atom is 0.317 e. The zero-order chi connectivity index (χ0) is 16.5. The summed E-state index contributed by atoms with van der Waals surface area (Å²) in [6.07, 6.45) is 5.82. The predicted molar refractivity (Wildman–Crippen MR) is 92.1 cm³/mol. The first-order valence-corrected chi connectivity index (χ1v) is 9.16. The van der Waals surface area contributed by atoms with E-state index < -0.39 is 0 Å². The molecule has 1 N–H and O–H groups in total. The summed E-state index contributed by atoms with van der Waals surface area (Å²) >= 11 is 0. The van der Waals surface area contributed by atoms with Crippen molar-refractivity contribution in [3.8, 4) is 0 Å². The molecule has 5 nitrogen and oxygen atoms in total. The number of benzene rings is 1. The van der Waals surface area contributed by atoms with E-state index in [1.165, 1.54) is 24.8 Å². The van der Waals surface area contributed by atoms with Gasteiger partial charge in [-0.05, 0) is 49.3 Å². The molecule has 0 bridgehead atoms. The third-order valence-electron chi connectivity index (χ3n) is 5.75. The molecule has 3 fully saturated rings. The number of amides is 3. The number of urea groups is 1. The lowest BCUT2D eigenvalue weighted by atomic mass is 9.80. The first-order valence-electron chi connectivity index (χ1n) is 9.16. The summed E-state index contributed by atoms with van der Waals surface area (Å²) in [4.78, 5) is 28.5. The summed E-state index contributed by atoms with van der Waals surface area (Å²) in [6, 6.07) is 8.35. The number of carbonyl (C=O) groups excluding carboxylic acids is 2. The van der Waals surface area contributed by atoms with Gasteiger partial charge >= 0.3 is 6.03 Å². The Bertz CT molecular complexity index is 624. The van der Waals surface area contributed by atoms with Crippen molar-refractivity contribution in [2.75, 3.05) is 26.2 Å². The van der Waals surface area contributed by atoms with E-state index in [0.717, 1.165) is 31.5 Å². The quantitative estimate of drug-likeness (QED) is 0.928. The third-order valence-corrected chi connectivity index (χ3v) is 5.75. The highest BCUT2D eigenvalue weighted by Crippen LogP contribution is 2.36. The molecule has 0 radical (unpaired) electrons. The number of piperidine rings is 1. The predicted octanol–water partition coefficient (Wildman–Crippen LogP) is 2.58. The van der Waals surface area contributed by atoms with Gasteiger partial charge in [0, 0.05) is 31.7 Å².